The SMILES string of the molecule is CC(C)c1cc(NC(=O)CN2C[C@@H]3CCCN[C@@H]3C2)on1. The van der Waals surface area contributed by atoms with Crippen molar-refractivity contribution in [2.24, 2.45) is 5.92 Å². The Labute approximate surface area is 125 Å². The standard InChI is InChI=1S/C15H24N4O2/c1-10(2)12-6-15(21-18-12)17-14(20)9-19-7-11-4-3-5-16-13(11)8-19/h6,10-11,13,16H,3-5,7-9H2,1-2H3,(H,17,20)/t11-,13+/m0/s1. The Balaban J connectivity index is 1.50. The number of nitrogens with one attached hydrogen (secondary N) is 2. The predicted molar refractivity (Wildman–Crippen MR) is 80.2 cm³/mol. The summed E-state index contributed by atoms with van der Waals surface area (Å²) in [6, 6.07) is 2.36. The normalized spacial score (nSPS) is 26.0. The summed E-state index contributed by atoms with van der Waals surface area (Å²) < 4.78 is 5.14. The van der Waals surface area contributed by atoms with Gasteiger partial charge in [0.2, 0.25) is 11.8 Å². The van der Waals surface area contributed by atoms with Crippen LogP contribution < -0.4 is 10.6 Å². The predicted octanol–water partition coefficient (Wildman–Crippen LogP) is 1.42. The number of piperidine rings is 1. The fraction of sp³-hybridized carbons (Fsp3) is 0.733. The molecule has 0 unspecified atom stereocenters. The molecular formula is C15H24N4O2. The molecule has 2 aliphatic heterocycles. The summed E-state index contributed by atoms with van der Waals surface area (Å²) in [5.41, 5.74) is 0.863. The van der Waals surface area contributed by atoms with Crippen molar-refractivity contribution in [3.05, 3.63) is 11.8 Å². The summed E-state index contributed by atoms with van der Waals surface area (Å²) in [5, 5.41) is 10.3. The van der Waals surface area contributed by atoms with Gasteiger partial charge in [-0.2, -0.15) is 0 Å². The van der Waals surface area contributed by atoms with E-state index >= 15 is 0 Å². The van der Waals surface area contributed by atoms with Crippen LogP contribution in [0.1, 0.15) is 38.3 Å². The van der Waals surface area contributed by atoms with Crippen LogP contribution in [0.3, 0.4) is 0 Å². The van der Waals surface area contributed by atoms with Crippen molar-refractivity contribution in [2.45, 2.75) is 38.6 Å². The van der Waals surface area contributed by atoms with Crippen molar-refractivity contribution in [3.63, 3.8) is 0 Å². The number of anilines is 1. The number of nitrogens with zero attached hydrogens (tertiary/aromatic N) is 2. The first-order valence-electron chi connectivity index (χ1n) is 7.84. The molecule has 3 heterocycles. The van der Waals surface area contributed by atoms with E-state index in [0.717, 1.165) is 25.3 Å². The minimum absolute atomic E-state index is 0.0277. The summed E-state index contributed by atoms with van der Waals surface area (Å²) in [7, 11) is 0. The number of aromatic nitrogens is 1. The van der Waals surface area contributed by atoms with E-state index in [0.29, 0.717) is 30.3 Å². The smallest absolute Gasteiger partial charge is 0.240 e. The number of likely N-dealkylation sites (tertiary alicyclic amines) is 1. The molecule has 0 bridgehead atoms. The highest BCUT2D eigenvalue weighted by atomic mass is 16.5. The Morgan fingerprint density at radius 2 is 2.43 bits per heavy atom. The van der Waals surface area contributed by atoms with Crippen LogP contribution in [0.2, 0.25) is 0 Å². The second-order valence-corrected chi connectivity index (χ2v) is 6.48. The highest BCUT2D eigenvalue weighted by molar-refractivity contribution is 5.91. The summed E-state index contributed by atoms with van der Waals surface area (Å²) in [4.78, 5) is 14.3. The van der Waals surface area contributed by atoms with Crippen molar-refractivity contribution in [2.75, 3.05) is 31.5 Å². The molecule has 21 heavy (non-hydrogen) atoms. The molecule has 2 aliphatic rings. The Morgan fingerprint density at radius 1 is 1.57 bits per heavy atom. The molecule has 0 saturated carbocycles. The summed E-state index contributed by atoms with van der Waals surface area (Å²) in [5.74, 6) is 1.41. The molecule has 2 saturated heterocycles. The number of amides is 1. The Hall–Kier alpha value is -1.40. The average Bonchev–Trinajstić information content (AvgIpc) is 3.04. The van der Waals surface area contributed by atoms with Crippen LogP contribution >= 0.6 is 0 Å². The molecule has 6 nitrogen and oxygen atoms in total. The van der Waals surface area contributed by atoms with Crippen LogP contribution in [0.5, 0.6) is 0 Å². The Bertz CT molecular complexity index is 486. The number of hydrogen-bond donors (Lipinski definition) is 2. The zero-order chi connectivity index (χ0) is 14.8. The molecular weight excluding hydrogens is 268 g/mol. The van der Waals surface area contributed by atoms with E-state index in [2.05, 4.69) is 20.7 Å². The molecule has 2 N–H and O–H groups in total. The molecule has 0 aromatic carbocycles. The van der Waals surface area contributed by atoms with Gasteiger partial charge < -0.3 is 9.84 Å². The number of rotatable bonds is 4. The molecule has 0 spiro atoms. The molecule has 116 valence electrons. The van der Waals surface area contributed by atoms with E-state index in [1.165, 1.54) is 12.8 Å². The van der Waals surface area contributed by atoms with Gasteiger partial charge in [0.05, 0.1) is 12.2 Å². The van der Waals surface area contributed by atoms with Gasteiger partial charge in [-0.1, -0.05) is 19.0 Å². The monoisotopic (exact) mass is 292 g/mol. The number of carbonyl (C=O) groups is 1. The van der Waals surface area contributed by atoms with E-state index in [-0.39, 0.29) is 5.91 Å². The van der Waals surface area contributed by atoms with Crippen LogP contribution in [-0.4, -0.2) is 48.2 Å². The lowest BCUT2D eigenvalue weighted by molar-refractivity contribution is -0.117. The summed E-state index contributed by atoms with van der Waals surface area (Å²) in [6.07, 6.45) is 2.52. The molecule has 1 aromatic rings. The lowest BCUT2D eigenvalue weighted by Gasteiger charge is -2.24. The van der Waals surface area contributed by atoms with Crippen molar-refractivity contribution in [3.8, 4) is 0 Å². The highest BCUT2D eigenvalue weighted by Gasteiger charge is 2.34. The largest absolute Gasteiger partial charge is 0.338 e. The minimum atomic E-state index is -0.0277. The maximum atomic E-state index is 12.1. The van der Waals surface area contributed by atoms with E-state index in [9.17, 15) is 4.79 Å². The van der Waals surface area contributed by atoms with Crippen molar-refractivity contribution in [1.82, 2.24) is 15.4 Å². The summed E-state index contributed by atoms with van der Waals surface area (Å²) in [6.45, 7) is 7.60. The van der Waals surface area contributed by atoms with Crippen LogP contribution in [0.4, 0.5) is 5.88 Å². The van der Waals surface area contributed by atoms with Crippen LogP contribution in [0, 0.1) is 5.92 Å². The highest BCUT2D eigenvalue weighted by Crippen LogP contribution is 2.24. The molecule has 6 heteroatoms. The van der Waals surface area contributed by atoms with Gasteiger partial charge in [-0.3, -0.25) is 15.0 Å². The van der Waals surface area contributed by atoms with E-state index < -0.39 is 0 Å². The Morgan fingerprint density at radius 3 is 3.14 bits per heavy atom. The van der Waals surface area contributed by atoms with Crippen molar-refractivity contribution >= 4 is 11.8 Å². The van der Waals surface area contributed by atoms with Gasteiger partial charge >= 0.3 is 0 Å². The first-order valence-corrected chi connectivity index (χ1v) is 7.84. The molecule has 1 aromatic heterocycles. The first-order chi connectivity index (χ1) is 10.1. The number of hydrogen-bond acceptors (Lipinski definition) is 5. The van der Waals surface area contributed by atoms with Gasteiger partial charge in [0.1, 0.15) is 0 Å². The first kappa shape index (κ1) is 14.5. The lowest BCUT2D eigenvalue weighted by atomic mass is 9.94. The minimum Gasteiger partial charge on any atom is -0.338 e. The maximum Gasteiger partial charge on any atom is 0.240 e. The fourth-order valence-corrected chi connectivity index (χ4v) is 3.27. The molecule has 2 fully saturated rings. The third-order valence-electron chi connectivity index (χ3n) is 4.42. The van der Waals surface area contributed by atoms with Gasteiger partial charge in [0.15, 0.2) is 0 Å². The molecule has 2 atom stereocenters. The lowest BCUT2D eigenvalue weighted by Crippen LogP contribution is -2.41. The quantitative estimate of drug-likeness (QED) is 0.878. The zero-order valence-electron chi connectivity index (χ0n) is 12.8. The van der Waals surface area contributed by atoms with Gasteiger partial charge in [0, 0.05) is 25.2 Å². The van der Waals surface area contributed by atoms with Gasteiger partial charge in [0.25, 0.3) is 0 Å². The van der Waals surface area contributed by atoms with Gasteiger partial charge in [-0.05, 0) is 31.2 Å². The fourth-order valence-electron chi connectivity index (χ4n) is 3.27. The van der Waals surface area contributed by atoms with E-state index in [1.54, 1.807) is 6.07 Å². The second-order valence-electron chi connectivity index (χ2n) is 6.48. The zero-order valence-corrected chi connectivity index (χ0v) is 12.8. The van der Waals surface area contributed by atoms with Crippen molar-refractivity contribution < 1.29 is 9.32 Å². The summed E-state index contributed by atoms with van der Waals surface area (Å²) >= 11 is 0. The number of carbonyl (C=O) groups excluding carboxylic acids is 1. The molecule has 3 rings (SSSR count). The molecule has 1 amide bonds. The van der Waals surface area contributed by atoms with Crippen molar-refractivity contribution in [1.29, 1.82) is 0 Å². The topological polar surface area (TPSA) is 70.4 Å². The second kappa shape index (κ2) is 6.15. The molecule has 0 aliphatic carbocycles. The maximum absolute atomic E-state index is 12.1. The molecule has 0 radical (unpaired) electrons. The number of fused-ring (bicyclic) bond motifs is 1. The van der Waals surface area contributed by atoms with Crippen LogP contribution in [-0.2, 0) is 4.79 Å². The van der Waals surface area contributed by atoms with Crippen LogP contribution in [0.25, 0.3) is 0 Å². The van der Waals surface area contributed by atoms with Gasteiger partial charge in [-0.15, -0.1) is 0 Å². The van der Waals surface area contributed by atoms with Gasteiger partial charge in [-0.25, -0.2) is 0 Å². The third-order valence-corrected chi connectivity index (χ3v) is 4.42. The van der Waals surface area contributed by atoms with Crippen LogP contribution in [0.15, 0.2) is 10.6 Å². The third kappa shape index (κ3) is 3.44. The van der Waals surface area contributed by atoms with E-state index in [1.807, 2.05) is 13.8 Å². The average molecular weight is 292 g/mol. The van der Waals surface area contributed by atoms with E-state index in [4.69, 9.17) is 4.52 Å². The Kier molecular flexibility index (Phi) is 4.26.